The van der Waals surface area contributed by atoms with E-state index < -0.39 is 40.8 Å². The molecule has 1 aliphatic rings. The first-order chi connectivity index (χ1) is 16.3. The number of rotatable bonds is 5. The molecule has 1 aromatic heterocycles. The minimum atomic E-state index is -5.03. The van der Waals surface area contributed by atoms with E-state index in [2.05, 4.69) is 10.1 Å². The lowest BCUT2D eigenvalue weighted by atomic mass is 9.96. The smallest absolute Gasteiger partial charge is 0.416 e. The SMILES string of the molecule is COC1=CCC(C)C=C(C(=Cn2cnc(-c3cc(C(F)(F)F)cc(C(F)(F)F)c3)n2)C(=O)O)C=C1. The zero-order valence-electron chi connectivity index (χ0n) is 18.4. The molecule has 3 rings (SSSR count). The first-order valence-electron chi connectivity index (χ1n) is 10.1. The number of carboxylic acid groups (broad SMARTS) is 1. The van der Waals surface area contributed by atoms with Gasteiger partial charge in [-0.15, -0.1) is 5.10 Å². The highest BCUT2D eigenvalue weighted by Gasteiger charge is 2.37. The Labute approximate surface area is 195 Å². The Balaban J connectivity index is 2.05. The topological polar surface area (TPSA) is 77.2 Å². The van der Waals surface area contributed by atoms with Crippen molar-refractivity contribution in [1.82, 2.24) is 14.8 Å². The normalized spacial score (nSPS) is 17.4. The zero-order chi connectivity index (χ0) is 26.0. The van der Waals surface area contributed by atoms with E-state index in [0.29, 0.717) is 29.9 Å². The van der Waals surface area contributed by atoms with Crippen LogP contribution < -0.4 is 0 Å². The fourth-order valence-corrected chi connectivity index (χ4v) is 3.24. The molecule has 1 heterocycles. The Morgan fingerprint density at radius 2 is 1.74 bits per heavy atom. The molecule has 1 unspecified atom stereocenters. The minimum absolute atomic E-state index is 0.000254. The molecule has 0 radical (unpaired) electrons. The summed E-state index contributed by atoms with van der Waals surface area (Å²) in [6.07, 6.45) is -0.786. The second kappa shape index (κ2) is 9.80. The Morgan fingerprint density at radius 3 is 2.29 bits per heavy atom. The second-order valence-electron chi connectivity index (χ2n) is 7.67. The fourth-order valence-electron chi connectivity index (χ4n) is 3.24. The number of hydrogen-bond donors (Lipinski definition) is 1. The molecular weight excluding hydrogens is 480 g/mol. The van der Waals surface area contributed by atoms with Crippen molar-refractivity contribution in [3.63, 3.8) is 0 Å². The summed E-state index contributed by atoms with van der Waals surface area (Å²) in [5, 5.41) is 13.6. The van der Waals surface area contributed by atoms with Crippen LogP contribution in [-0.4, -0.2) is 33.0 Å². The number of carbonyl (C=O) groups is 1. The van der Waals surface area contributed by atoms with Gasteiger partial charge in [-0.2, -0.15) is 26.3 Å². The second-order valence-corrected chi connectivity index (χ2v) is 7.67. The maximum atomic E-state index is 13.2. The van der Waals surface area contributed by atoms with Gasteiger partial charge < -0.3 is 9.84 Å². The van der Waals surface area contributed by atoms with Crippen LogP contribution in [0.5, 0.6) is 0 Å². The van der Waals surface area contributed by atoms with Gasteiger partial charge in [0.1, 0.15) is 12.1 Å². The van der Waals surface area contributed by atoms with Crippen LogP contribution in [0.4, 0.5) is 26.3 Å². The average molecular weight is 499 g/mol. The van der Waals surface area contributed by atoms with Crippen molar-refractivity contribution in [2.45, 2.75) is 25.7 Å². The monoisotopic (exact) mass is 499 g/mol. The molecule has 6 nitrogen and oxygen atoms in total. The van der Waals surface area contributed by atoms with Gasteiger partial charge in [0, 0.05) is 11.8 Å². The van der Waals surface area contributed by atoms with Crippen LogP contribution in [0.2, 0.25) is 0 Å². The van der Waals surface area contributed by atoms with E-state index in [0.717, 1.165) is 17.2 Å². The standard InChI is InChI=1S/C23H19F6N3O3/c1-13-3-5-18(35-2)6-4-14(7-13)19(21(33)34)11-32-12-30-20(31-32)15-8-16(22(24,25)26)10-17(9-15)23(27,28)29/h4-13H,3H2,1-2H3,(H,33,34). The van der Waals surface area contributed by atoms with E-state index in [1.807, 2.05) is 13.0 Å². The zero-order valence-corrected chi connectivity index (χ0v) is 18.4. The molecule has 0 amide bonds. The maximum absolute atomic E-state index is 13.2. The Kier molecular flexibility index (Phi) is 7.22. The third-order valence-electron chi connectivity index (χ3n) is 4.97. The number of benzene rings is 1. The largest absolute Gasteiger partial charge is 0.497 e. The van der Waals surface area contributed by atoms with Crippen LogP contribution in [0.3, 0.4) is 0 Å². The van der Waals surface area contributed by atoms with E-state index in [9.17, 15) is 36.2 Å². The van der Waals surface area contributed by atoms with E-state index >= 15 is 0 Å². The predicted octanol–water partition coefficient (Wildman–Crippen LogP) is 5.96. The van der Waals surface area contributed by atoms with Crippen LogP contribution in [0.15, 0.2) is 65.7 Å². The van der Waals surface area contributed by atoms with Gasteiger partial charge in [-0.05, 0) is 48.3 Å². The van der Waals surface area contributed by atoms with Gasteiger partial charge in [-0.1, -0.05) is 19.1 Å². The number of alkyl halides is 6. The van der Waals surface area contributed by atoms with E-state index in [4.69, 9.17) is 4.74 Å². The Morgan fingerprint density at radius 1 is 1.11 bits per heavy atom. The number of halogens is 6. The molecule has 12 heteroatoms. The number of allylic oxidation sites excluding steroid dienone is 4. The molecule has 0 saturated heterocycles. The summed E-state index contributed by atoms with van der Waals surface area (Å²) in [5.74, 6) is -1.30. The summed E-state index contributed by atoms with van der Waals surface area (Å²) < 4.78 is 85.0. The molecule has 1 N–H and O–H groups in total. The first-order valence-corrected chi connectivity index (χ1v) is 10.1. The quantitative estimate of drug-likeness (QED) is 0.406. The van der Waals surface area contributed by atoms with Crippen LogP contribution in [-0.2, 0) is 21.9 Å². The van der Waals surface area contributed by atoms with E-state index in [1.54, 1.807) is 12.2 Å². The van der Waals surface area contributed by atoms with Gasteiger partial charge in [-0.25, -0.2) is 14.5 Å². The van der Waals surface area contributed by atoms with Crippen molar-refractivity contribution < 1.29 is 41.0 Å². The number of ether oxygens (including phenoxy) is 1. The molecule has 1 aromatic carbocycles. The number of aliphatic carboxylic acids is 1. The van der Waals surface area contributed by atoms with Crippen molar-refractivity contribution in [3.8, 4) is 11.4 Å². The summed E-state index contributed by atoms with van der Waals surface area (Å²) >= 11 is 0. The maximum Gasteiger partial charge on any atom is 0.416 e. The number of carboxylic acids is 1. The Hall–Kier alpha value is -3.83. The van der Waals surface area contributed by atoms with Crippen molar-refractivity contribution in [2.24, 2.45) is 5.92 Å². The third-order valence-corrected chi connectivity index (χ3v) is 4.97. The van der Waals surface area contributed by atoms with Crippen molar-refractivity contribution in [3.05, 3.63) is 76.9 Å². The third kappa shape index (κ3) is 6.40. The van der Waals surface area contributed by atoms with E-state index in [1.165, 1.54) is 13.2 Å². The van der Waals surface area contributed by atoms with Gasteiger partial charge in [-0.3, -0.25) is 0 Å². The lowest BCUT2D eigenvalue weighted by Gasteiger charge is -2.13. The molecule has 1 aliphatic carbocycles. The van der Waals surface area contributed by atoms with Gasteiger partial charge in [0.2, 0.25) is 0 Å². The molecule has 2 aromatic rings. The minimum Gasteiger partial charge on any atom is -0.497 e. The van der Waals surface area contributed by atoms with Crippen molar-refractivity contribution in [1.29, 1.82) is 0 Å². The molecule has 0 saturated carbocycles. The molecule has 0 fully saturated rings. The lowest BCUT2D eigenvalue weighted by molar-refractivity contribution is -0.143. The lowest BCUT2D eigenvalue weighted by Crippen LogP contribution is -2.11. The van der Waals surface area contributed by atoms with E-state index in [-0.39, 0.29) is 17.6 Å². The molecule has 35 heavy (non-hydrogen) atoms. The van der Waals surface area contributed by atoms with Crippen LogP contribution in [0, 0.1) is 5.92 Å². The summed E-state index contributed by atoms with van der Waals surface area (Å²) in [4.78, 5) is 15.7. The number of aromatic nitrogens is 3. The summed E-state index contributed by atoms with van der Waals surface area (Å²) in [5.41, 5.74) is -3.46. The van der Waals surface area contributed by atoms with Gasteiger partial charge in [0.05, 0.1) is 23.8 Å². The van der Waals surface area contributed by atoms with Crippen LogP contribution in [0.1, 0.15) is 24.5 Å². The summed E-state index contributed by atoms with van der Waals surface area (Å²) in [6.45, 7) is 1.86. The Bertz CT molecular complexity index is 1200. The molecule has 1 atom stereocenters. The highest BCUT2D eigenvalue weighted by molar-refractivity contribution is 5.96. The average Bonchev–Trinajstić information content (AvgIpc) is 3.22. The van der Waals surface area contributed by atoms with Crippen LogP contribution in [0.25, 0.3) is 17.6 Å². The van der Waals surface area contributed by atoms with Crippen molar-refractivity contribution in [2.75, 3.05) is 7.11 Å². The van der Waals surface area contributed by atoms with Crippen molar-refractivity contribution >= 4 is 12.2 Å². The van der Waals surface area contributed by atoms with Crippen LogP contribution >= 0.6 is 0 Å². The molecular formula is C23H19F6N3O3. The molecule has 186 valence electrons. The van der Waals surface area contributed by atoms with Gasteiger partial charge in [0.15, 0.2) is 5.82 Å². The van der Waals surface area contributed by atoms with Gasteiger partial charge in [0.25, 0.3) is 0 Å². The first kappa shape index (κ1) is 25.8. The molecule has 0 spiro atoms. The summed E-state index contributed by atoms with van der Waals surface area (Å²) in [7, 11) is 1.47. The number of hydrogen-bond acceptors (Lipinski definition) is 4. The molecule has 0 bridgehead atoms. The fraction of sp³-hybridized carbons (Fsp3) is 0.261. The highest BCUT2D eigenvalue weighted by Crippen LogP contribution is 2.38. The number of nitrogens with zero attached hydrogens (tertiary/aromatic N) is 3. The highest BCUT2D eigenvalue weighted by atomic mass is 19.4. The van der Waals surface area contributed by atoms with Gasteiger partial charge >= 0.3 is 18.3 Å². The predicted molar refractivity (Wildman–Crippen MR) is 113 cm³/mol. The summed E-state index contributed by atoms with van der Waals surface area (Å²) in [6, 6.07) is 0.994. The number of methoxy groups -OCH3 is 1. The molecule has 0 aliphatic heterocycles.